The van der Waals surface area contributed by atoms with Crippen LogP contribution in [0, 0.1) is 0 Å². The quantitative estimate of drug-likeness (QED) is 0.719. The minimum absolute atomic E-state index is 0.185. The summed E-state index contributed by atoms with van der Waals surface area (Å²) in [6.45, 7) is 5.53. The van der Waals surface area contributed by atoms with Crippen LogP contribution in [0.15, 0.2) is 54.6 Å². The molecule has 0 radical (unpaired) electrons. The van der Waals surface area contributed by atoms with E-state index in [-0.39, 0.29) is 5.91 Å². The first-order chi connectivity index (χ1) is 15.9. The van der Waals surface area contributed by atoms with Crippen LogP contribution in [-0.4, -0.2) is 84.2 Å². The lowest BCUT2D eigenvalue weighted by Gasteiger charge is -2.43. The zero-order chi connectivity index (χ0) is 23.4. The van der Waals surface area contributed by atoms with Gasteiger partial charge in [0.05, 0.1) is 0 Å². The van der Waals surface area contributed by atoms with E-state index >= 15 is 0 Å². The minimum Gasteiger partial charge on any atom is -0.465 e. The van der Waals surface area contributed by atoms with Crippen LogP contribution in [0.2, 0.25) is 5.02 Å². The monoisotopic (exact) mass is 470 g/mol. The molecule has 0 bridgehead atoms. The predicted molar refractivity (Wildman–Crippen MR) is 130 cm³/mol. The second-order valence-corrected chi connectivity index (χ2v) is 9.27. The van der Waals surface area contributed by atoms with Crippen molar-refractivity contribution in [3.8, 4) is 0 Å². The first-order valence-corrected chi connectivity index (χ1v) is 11.9. The van der Waals surface area contributed by atoms with Crippen molar-refractivity contribution in [2.24, 2.45) is 0 Å². The molecule has 0 spiro atoms. The SMILES string of the molecule is CN1CCN(C2CCN(C(=O)C(c3ccccc3)N(C(=O)O)c3ccc(Cl)cc3)CC2)CC1. The molecule has 176 valence electrons. The number of carbonyl (C=O) groups is 2. The average Bonchev–Trinajstić information content (AvgIpc) is 2.84. The summed E-state index contributed by atoms with van der Waals surface area (Å²) in [5.41, 5.74) is 1.07. The molecule has 4 rings (SSSR count). The maximum Gasteiger partial charge on any atom is 0.412 e. The van der Waals surface area contributed by atoms with Crippen molar-refractivity contribution in [1.29, 1.82) is 0 Å². The normalized spacial score (nSPS) is 19.3. The number of piperazine rings is 1. The number of halogens is 1. The molecule has 2 aromatic carbocycles. The van der Waals surface area contributed by atoms with Crippen LogP contribution in [0.4, 0.5) is 10.5 Å². The first-order valence-electron chi connectivity index (χ1n) is 11.5. The molecular weight excluding hydrogens is 440 g/mol. The maximum absolute atomic E-state index is 13.8. The Morgan fingerprint density at radius 2 is 1.55 bits per heavy atom. The van der Waals surface area contributed by atoms with Crippen LogP contribution in [0.25, 0.3) is 0 Å². The number of hydrogen-bond donors (Lipinski definition) is 1. The summed E-state index contributed by atoms with van der Waals surface area (Å²) in [5, 5.41) is 10.6. The summed E-state index contributed by atoms with van der Waals surface area (Å²) < 4.78 is 0. The number of nitrogens with zero attached hydrogens (tertiary/aromatic N) is 4. The Bertz CT molecular complexity index is 940. The van der Waals surface area contributed by atoms with Gasteiger partial charge < -0.3 is 14.9 Å². The van der Waals surface area contributed by atoms with Crippen molar-refractivity contribution < 1.29 is 14.7 Å². The number of hydrogen-bond acceptors (Lipinski definition) is 4. The van der Waals surface area contributed by atoms with Crippen molar-refractivity contribution in [3.63, 3.8) is 0 Å². The molecule has 2 fully saturated rings. The minimum atomic E-state index is -1.17. The fraction of sp³-hybridized carbons (Fsp3) is 0.440. The number of anilines is 1. The van der Waals surface area contributed by atoms with Gasteiger partial charge in [0.2, 0.25) is 0 Å². The van der Waals surface area contributed by atoms with Crippen LogP contribution in [0.5, 0.6) is 0 Å². The predicted octanol–water partition coefficient (Wildman–Crippen LogP) is 3.80. The zero-order valence-electron chi connectivity index (χ0n) is 18.9. The number of carbonyl (C=O) groups excluding carboxylic acids is 1. The van der Waals surface area contributed by atoms with Gasteiger partial charge in [-0.15, -0.1) is 0 Å². The second kappa shape index (κ2) is 10.5. The number of amides is 2. The van der Waals surface area contributed by atoms with Crippen molar-refractivity contribution >= 4 is 29.3 Å². The van der Waals surface area contributed by atoms with Crippen molar-refractivity contribution in [3.05, 3.63) is 65.2 Å². The van der Waals surface area contributed by atoms with Crippen molar-refractivity contribution in [1.82, 2.24) is 14.7 Å². The van der Waals surface area contributed by atoms with E-state index in [2.05, 4.69) is 16.8 Å². The third-order valence-electron chi connectivity index (χ3n) is 6.75. The lowest BCUT2D eigenvalue weighted by Crippen LogP contribution is -2.54. The van der Waals surface area contributed by atoms with E-state index in [1.807, 2.05) is 35.2 Å². The molecule has 0 saturated carbocycles. The van der Waals surface area contributed by atoms with E-state index in [0.717, 1.165) is 43.9 Å². The van der Waals surface area contributed by atoms with Crippen LogP contribution in [0.3, 0.4) is 0 Å². The lowest BCUT2D eigenvalue weighted by molar-refractivity contribution is -0.134. The molecule has 0 aromatic heterocycles. The van der Waals surface area contributed by atoms with Crippen LogP contribution < -0.4 is 4.90 Å². The van der Waals surface area contributed by atoms with Gasteiger partial charge in [0, 0.05) is 56.0 Å². The molecule has 1 unspecified atom stereocenters. The number of likely N-dealkylation sites (N-methyl/N-ethyl adjacent to an activating group) is 1. The summed E-state index contributed by atoms with van der Waals surface area (Å²) in [4.78, 5) is 34.0. The third kappa shape index (κ3) is 5.49. The summed E-state index contributed by atoms with van der Waals surface area (Å²) >= 11 is 6.01. The highest BCUT2D eigenvalue weighted by Gasteiger charge is 2.37. The van der Waals surface area contributed by atoms with Gasteiger partial charge in [-0.2, -0.15) is 0 Å². The standard InChI is InChI=1S/C25H31ClN4O3/c1-27-15-17-28(18-16-27)21-11-13-29(14-12-21)24(31)23(19-5-3-2-4-6-19)30(25(32)33)22-9-7-20(26)8-10-22/h2-10,21,23H,11-18H2,1H3,(H,32,33). The summed E-state index contributed by atoms with van der Waals surface area (Å²) in [6.07, 6.45) is 0.641. The van der Waals surface area contributed by atoms with E-state index in [1.54, 1.807) is 24.3 Å². The fourth-order valence-electron chi connectivity index (χ4n) is 4.82. The molecule has 7 nitrogen and oxygen atoms in total. The molecule has 2 amide bonds. The number of piperidine rings is 1. The number of benzene rings is 2. The Labute approximate surface area is 200 Å². The molecule has 1 N–H and O–H groups in total. The van der Waals surface area contributed by atoms with Gasteiger partial charge in [-0.1, -0.05) is 41.9 Å². The van der Waals surface area contributed by atoms with Crippen LogP contribution in [-0.2, 0) is 4.79 Å². The molecule has 2 aliphatic heterocycles. The smallest absolute Gasteiger partial charge is 0.412 e. The van der Waals surface area contributed by atoms with Crippen LogP contribution >= 0.6 is 11.6 Å². The van der Waals surface area contributed by atoms with Gasteiger partial charge in [-0.25, -0.2) is 4.79 Å². The summed E-state index contributed by atoms with van der Waals surface area (Å²) in [5.74, 6) is -0.185. The molecule has 8 heteroatoms. The van der Waals surface area contributed by atoms with E-state index in [4.69, 9.17) is 11.6 Å². The Hall–Kier alpha value is -2.61. The molecule has 2 aliphatic rings. The van der Waals surface area contributed by atoms with Gasteiger partial charge in [0.1, 0.15) is 6.04 Å². The highest BCUT2D eigenvalue weighted by Crippen LogP contribution is 2.31. The van der Waals surface area contributed by atoms with Crippen molar-refractivity contribution in [2.75, 3.05) is 51.2 Å². The fourth-order valence-corrected chi connectivity index (χ4v) is 4.95. The van der Waals surface area contributed by atoms with Crippen molar-refractivity contribution in [2.45, 2.75) is 24.9 Å². The van der Waals surface area contributed by atoms with Gasteiger partial charge in [-0.05, 0) is 49.7 Å². The summed E-state index contributed by atoms with van der Waals surface area (Å²) in [6, 6.07) is 15.2. The van der Waals surface area contributed by atoms with Gasteiger partial charge >= 0.3 is 6.09 Å². The van der Waals surface area contributed by atoms with E-state index in [0.29, 0.717) is 35.4 Å². The maximum atomic E-state index is 13.8. The second-order valence-electron chi connectivity index (χ2n) is 8.84. The Morgan fingerprint density at radius 1 is 0.939 bits per heavy atom. The molecule has 33 heavy (non-hydrogen) atoms. The third-order valence-corrected chi connectivity index (χ3v) is 7.00. The van der Waals surface area contributed by atoms with Gasteiger partial charge in [-0.3, -0.25) is 14.6 Å². The lowest BCUT2D eigenvalue weighted by atomic mass is 9.98. The number of likely N-dealkylation sites (tertiary alicyclic amines) is 1. The molecule has 2 saturated heterocycles. The zero-order valence-corrected chi connectivity index (χ0v) is 19.7. The van der Waals surface area contributed by atoms with E-state index in [9.17, 15) is 14.7 Å². The highest BCUT2D eigenvalue weighted by molar-refractivity contribution is 6.30. The van der Waals surface area contributed by atoms with E-state index in [1.165, 1.54) is 0 Å². The number of carboxylic acid groups (broad SMARTS) is 1. The molecule has 2 aromatic rings. The van der Waals surface area contributed by atoms with Gasteiger partial charge in [0.25, 0.3) is 5.91 Å². The molecule has 0 aliphatic carbocycles. The molecule has 2 heterocycles. The Morgan fingerprint density at radius 3 is 2.12 bits per heavy atom. The largest absolute Gasteiger partial charge is 0.465 e. The highest BCUT2D eigenvalue weighted by atomic mass is 35.5. The number of rotatable bonds is 5. The molecular formula is C25H31ClN4O3. The van der Waals surface area contributed by atoms with Crippen LogP contribution in [0.1, 0.15) is 24.4 Å². The first kappa shape index (κ1) is 23.5. The topological polar surface area (TPSA) is 67.3 Å². The summed E-state index contributed by atoms with van der Waals surface area (Å²) in [7, 11) is 2.15. The molecule has 1 atom stereocenters. The Balaban J connectivity index is 1.54. The average molecular weight is 471 g/mol. The van der Waals surface area contributed by atoms with Gasteiger partial charge in [0.15, 0.2) is 0 Å². The Kier molecular flexibility index (Phi) is 7.53. The van der Waals surface area contributed by atoms with E-state index < -0.39 is 12.1 Å².